The molecule has 12 heteroatoms. The molecule has 2 heterocycles. The van der Waals surface area contributed by atoms with E-state index in [9.17, 15) is 28.0 Å². The van der Waals surface area contributed by atoms with Gasteiger partial charge in [0.25, 0.3) is 0 Å². The summed E-state index contributed by atoms with van der Waals surface area (Å²) in [6.07, 6.45) is -4.63. The molecule has 9 nitrogen and oxygen atoms in total. The Kier molecular flexibility index (Phi) is 7.61. The number of carboxylic acid groups (broad SMARTS) is 1. The van der Waals surface area contributed by atoms with Gasteiger partial charge < -0.3 is 20.2 Å². The van der Waals surface area contributed by atoms with E-state index >= 15 is 0 Å². The van der Waals surface area contributed by atoms with Crippen molar-refractivity contribution in [3.8, 4) is 17.2 Å². The van der Waals surface area contributed by atoms with Crippen LogP contribution in [0.5, 0.6) is 0 Å². The van der Waals surface area contributed by atoms with Gasteiger partial charge in [0.15, 0.2) is 5.58 Å². The largest absolute Gasteiger partial charge is 0.490 e. The van der Waals surface area contributed by atoms with Gasteiger partial charge in [0, 0.05) is 26.6 Å². The molecule has 0 saturated carbocycles. The van der Waals surface area contributed by atoms with Gasteiger partial charge in [-0.15, -0.1) is 0 Å². The number of benzene rings is 2. The van der Waals surface area contributed by atoms with E-state index < -0.39 is 18.2 Å². The van der Waals surface area contributed by atoms with Crippen molar-refractivity contribution in [2.75, 3.05) is 13.1 Å². The molecule has 1 aromatic heterocycles. The van der Waals surface area contributed by atoms with Crippen LogP contribution >= 0.6 is 0 Å². The number of aryl methyl sites for hydroxylation is 1. The number of carboxylic acids is 1. The number of hydrogen-bond acceptors (Lipinski definition) is 6. The number of nitriles is 1. The van der Waals surface area contributed by atoms with Gasteiger partial charge in [-0.2, -0.15) is 18.4 Å². The number of carbonyl (C=O) groups is 2. The van der Waals surface area contributed by atoms with Crippen molar-refractivity contribution in [2.45, 2.75) is 18.6 Å². The number of nitrogens with one attached hydrogen (secondary N) is 2. The molecule has 1 amide bonds. The first-order chi connectivity index (χ1) is 16.5. The number of nitrogens with zero attached hydrogens (tertiary/aromatic N) is 2. The molecule has 3 aromatic rings. The fraction of sp³-hybridized carbons (Fsp3) is 0.304. The van der Waals surface area contributed by atoms with E-state index in [1.807, 2.05) is 36.4 Å². The first-order valence-corrected chi connectivity index (χ1v) is 10.4. The molecule has 0 unspecified atom stereocenters. The number of amides is 1. The van der Waals surface area contributed by atoms with Crippen LogP contribution in [-0.4, -0.2) is 46.9 Å². The molecule has 0 radical (unpaired) electrons. The summed E-state index contributed by atoms with van der Waals surface area (Å²) in [6.45, 7) is 1.34. The second-order valence-electron chi connectivity index (χ2n) is 7.86. The molecule has 1 fully saturated rings. The molecule has 0 spiro atoms. The van der Waals surface area contributed by atoms with E-state index in [-0.39, 0.29) is 17.6 Å². The highest BCUT2D eigenvalue weighted by atomic mass is 19.4. The number of oxazole rings is 1. The Morgan fingerprint density at radius 3 is 2.34 bits per heavy atom. The third-order valence-corrected chi connectivity index (χ3v) is 5.39. The summed E-state index contributed by atoms with van der Waals surface area (Å²) in [5.41, 5.74) is 4.24. The van der Waals surface area contributed by atoms with Gasteiger partial charge in [0.2, 0.25) is 5.91 Å². The quantitative estimate of drug-likeness (QED) is 0.499. The first kappa shape index (κ1) is 25.5. The van der Waals surface area contributed by atoms with E-state index in [0.29, 0.717) is 25.1 Å². The van der Waals surface area contributed by atoms with Crippen molar-refractivity contribution in [2.24, 2.45) is 13.0 Å². The average molecular weight is 490 g/mol. The van der Waals surface area contributed by atoms with Gasteiger partial charge in [-0.05, 0) is 28.8 Å². The normalized spacial score (nSPS) is 14.3. The van der Waals surface area contributed by atoms with Gasteiger partial charge in [0.05, 0.1) is 17.5 Å². The van der Waals surface area contributed by atoms with Crippen LogP contribution in [0.15, 0.2) is 51.7 Å². The summed E-state index contributed by atoms with van der Waals surface area (Å²) in [5.74, 6) is -3.25. The van der Waals surface area contributed by atoms with E-state index in [2.05, 4.69) is 16.7 Å². The molecule has 0 bridgehead atoms. The van der Waals surface area contributed by atoms with Gasteiger partial charge in [-0.3, -0.25) is 9.36 Å². The summed E-state index contributed by atoms with van der Waals surface area (Å²) in [6, 6.07) is 15.1. The number of carbonyl (C=O) groups excluding carboxylic acids is 1. The maximum Gasteiger partial charge on any atom is 0.490 e. The molecule has 35 heavy (non-hydrogen) atoms. The molecule has 0 aliphatic carbocycles. The summed E-state index contributed by atoms with van der Waals surface area (Å²) >= 11 is 0. The number of rotatable bonds is 5. The second-order valence-corrected chi connectivity index (χ2v) is 7.86. The number of halogens is 3. The summed E-state index contributed by atoms with van der Waals surface area (Å²) in [7, 11) is 1.68. The minimum Gasteiger partial charge on any atom is -0.475 e. The van der Waals surface area contributed by atoms with Gasteiger partial charge in [-0.1, -0.05) is 30.3 Å². The molecule has 3 N–H and O–H groups in total. The number of aromatic nitrogens is 1. The molecule has 4 rings (SSSR count). The minimum absolute atomic E-state index is 0.0352. The minimum atomic E-state index is -5.08. The number of hydrogen-bond donors (Lipinski definition) is 3. The van der Waals surface area contributed by atoms with Gasteiger partial charge in [0.1, 0.15) is 6.04 Å². The van der Waals surface area contributed by atoms with Crippen LogP contribution in [0, 0.1) is 17.2 Å². The number of alkyl halides is 3. The van der Waals surface area contributed by atoms with Crippen LogP contribution in [0.2, 0.25) is 0 Å². The fourth-order valence-corrected chi connectivity index (χ4v) is 3.27. The Bertz CT molecular complexity index is 1320. The lowest BCUT2D eigenvalue weighted by molar-refractivity contribution is -0.192. The third kappa shape index (κ3) is 6.27. The molecule has 1 atom stereocenters. The zero-order valence-electron chi connectivity index (χ0n) is 18.4. The highest BCUT2D eigenvalue weighted by Crippen LogP contribution is 2.24. The van der Waals surface area contributed by atoms with Crippen LogP contribution in [0.4, 0.5) is 13.2 Å². The van der Waals surface area contributed by atoms with Crippen LogP contribution < -0.4 is 16.4 Å². The van der Waals surface area contributed by atoms with Crippen LogP contribution in [0.1, 0.15) is 5.56 Å². The molecule has 1 aliphatic heterocycles. The Balaban J connectivity index is 0.000000429. The van der Waals surface area contributed by atoms with Crippen LogP contribution in [0.25, 0.3) is 22.2 Å². The zero-order valence-corrected chi connectivity index (χ0v) is 18.4. The Labute approximate surface area is 196 Å². The predicted molar refractivity (Wildman–Crippen MR) is 118 cm³/mol. The zero-order chi connectivity index (χ0) is 25.8. The van der Waals surface area contributed by atoms with Crippen molar-refractivity contribution in [3.63, 3.8) is 0 Å². The molecule has 1 saturated heterocycles. The first-order valence-electron chi connectivity index (χ1n) is 10.4. The lowest BCUT2D eigenvalue weighted by Gasteiger charge is -2.26. The molecule has 2 aromatic carbocycles. The lowest BCUT2D eigenvalue weighted by Crippen LogP contribution is -2.52. The maximum atomic E-state index is 12.0. The van der Waals surface area contributed by atoms with Crippen molar-refractivity contribution >= 4 is 23.0 Å². The van der Waals surface area contributed by atoms with Crippen LogP contribution in [-0.2, 0) is 23.1 Å². The fourth-order valence-electron chi connectivity index (χ4n) is 3.27. The summed E-state index contributed by atoms with van der Waals surface area (Å²) in [4.78, 5) is 32.6. The predicted octanol–water partition coefficient (Wildman–Crippen LogP) is 2.20. The Hall–Kier alpha value is -4.11. The van der Waals surface area contributed by atoms with Crippen molar-refractivity contribution in [3.05, 3.63) is 58.6 Å². The monoisotopic (exact) mass is 490 g/mol. The summed E-state index contributed by atoms with van der Waals surface area (Å²) < 4.78 is 38.4. The topological polar surface area (TPSA) is 137 Å². The Morgan fingerprint density at radius 2 is 1.83 bits per heavy atom. The SMILES string of the molecule is Cn1c(=O)oc2ccc(-c3ccc(C[C@@H](C#N)NC(=O)C4CNC4)cc3)cc21.O=C(O)C(F)(F)F. The maximum absolute atomic E-state index is 12.0. The van der Waals surface area contributed by atoms with Crippen LogP contribution in [0.3, 0.4) is 0 Å². The standard InChI is InChI=1S/C21H20N4O3.C2HF3O2/c1-25-18-9-15(6-7-19(18)28-21(25)27)14-4-2-13(3-5-14)8-17(10-22)24-20(26)16-11-23-12-16;3-2(4,5)1(6)7/h2-7,9,16-17,23H,8,11-12H2,1H3,(H,24,26);(H,6,7)/t17-;/m0./s1. The molecular formula is C23H21F3N4O5. The van der Waals surface area contributed by atoms with Crippen molar-refractivity contribution < 1.29 is 32.3 Å². The highest BCUT2D eigenvalue weighted by Gasteiger charge is 2.38. The van der Waals surface area contributed by atoms with E-state index in [0.717, 1.165) is 22.2 Å². The van der Waals surface area contributed by atoms with Gasteiger partial charge in [-0.25, -0.2) is 9.59 Å². The smallest absolute Gasteiger partial charge is 0.475 e. The average Bonchev–Trinajstić information content (AvgIpc) is 3.05. The molecular weight excluding hydrogens is 469 g/mol. The third-order valence-electron chi connectivity index (χ3n) is 5.39. The van der Waals surface area contributed by atoms with E-state index in [4.69, 9.17) is 14.3 Å². The van der Waals surface area contributed by atoms with Gasteiger partial charge >= 0.3 is 17.9 Å². The highest BCUT2D eigenvalue weighted by molar-refractivity contribution is 5.81. The lowest BCUT2D eigenvalue weighted by atomic mass is 9.99. The number of fused-ring (bicyclic) bond motifs is 1. The Morgan fingerprint density at radius 1 is 1.23 bits per heavy atom. The molecule has 1 aliphatic rings. The van der Waals surface area contributed by atoms with E-state index in [1.54, 1.807) is 13.1 Å². The molecule has 184 valence electrons. The number of aliphatic carboxylic acids is 1. The second kappa shape index (κ2) is 10.4. The van der Waals surface area contributed by atoms with E-state index in [1.165, 1.54) is 4.57 Å². The van der Waals surface area contributed by atoms with Crippen molar-refractivity contribution in [1.29, 1.82) is 5.26 Å². The summed E-state index contributed by atoms with van der Waals surface area (Å²) in [5, 5.41) is 22.3. The van der Waals surface area contributed by atoms with Crippen molar-refractivity contribution in [1.82, 2.24) is 15.2 Å².